The first-order valence-electron chi connectivity index (χ1n) is 9.65. The Morgan fingerprint density at radius 1 is 1.28 bits per heavy atom. The van der Waals surface area contributed by atoms with Crippen molar-refractivity contribution in [1.29, 1.82) is 0 Å². The van der Waals surface area contributed by atoms with Gasteiger partial charge in [-0.3, -0.25) is 0 Å². The summed E-state index contributed by atoms with van der Waals surface area (Å²) in [7, 11) is 3.42. The minimum absolute atomic E-state index is 0.405. The topological polar surface area (TPSA) is 113 Å². The van der Waals surface area contributed by atoms with Crippen LogP contribution in [0.4, 0.5) is 5.82 Å². The Morgan fingerprint density at radius 3 is 2.31 bits per heavy atom. The predicted molar refractivity (Wildman–Crippen MR) is 114 cm³/mol. The summed E-state index contributed by atoms with van der Waals surface area (Å²) in [5.74, 6) is 3.28. The maximum Gasteiger partial charge on any atom is 0.290 e. The van der Waals surface area contributed by atoms with Crippen LogP contribution in [0.15, 0.2) is 6.33 Å². The van der Waals surface area contributed by atoms with Crippen LogP contribution in [0.5, 0.6) is 5.75 Å². The molecule has 0 spiro atoms. The van der Waals surface area contributed by atoms with Crippen molar-refractivity contribution in [3.8, 4) is 5.75 Å². The molecule has 2 rings (SSSR count). The summed E-state index contributed by atoms with van der Waals surface area (Å²) in [6.45, 7) is 7.58. The van der Waals surface area contributed by atoms with E-state index < -0.39 is 5.09 Å². The Morgan fingerprint density at radius 2 is 1.86 bits per heavy atom. The van der Waals surface area contributed by atoms with E-state index in [9.17, 15) is 0 Å². The van der Waals surface area contributed by atoms with Crippen LogP contribution in [0.25, 0.3) is 0 Å². The molecule has 1 aromatic rings. The largest absolute Gasteiger partial charge is 0.488 e. The Labute approximate surface area is 177 Å². The van der Waals surface area contributed by atoms with Crippen LogP contribution in [-0.2, 0) is 17.2 Å². The van der Waals surface area contributed by atoms with Crippen LogP contribution in [0.2, 0.25) is 0 Å². The van der Waals surface area contributed by atoms with Crippen molar-refractivity contribution >= 4 is 17.6 Å². The Hall–Kier alpha value is -1.81. The first kappa shape index (κ1) is 25.2. The average Bonchev–Trinajstić information content (AvgIpc) is 2.63. The molecule has 1 aromatic heterocycles. The van der Waals surface area contributed by atoms with Gasteiger partial charge < -0.3 is 30.1 Å². The zero-order valence-electron chi connectivity index (χ0n) is 18.3. The smallest absolute Gasteiger partial charge is 0.290 e. The van der Waals surface area contributed by atoms with Crippen LogP contribution < -0.4 is 14.6 Å². The van der Waals surface area contributed by atoms with E-state index >= 15 is 0 Å². The lowest BCUT2D eigenvalue weighted by molar-refractivity contribution is -0.688. The SMILES string of the molecule is COCc1c(OC)c(NC2CCC(C(C)(C)C)CC2)nc[n+]1CSC.O=[N+]([O-])[O-]. The highest BCUT2D eigenvalue weighted by atomic mass is 32.2. The van der Waals surface area contributed by atoms with E-state index in [1.165, 1.54) is 25.7 Å². The molecule has 166 valence electrons. The number of nitrogens with one attached hydrogen (secondary N) is 1. The van der Waals surface area contributed by atoms with Gasteiger partial charge in [0, 0.05) is 13.2 Å². The average molecular weight is 431 g/mol. The zero-order valence-corrected chi connectivity index (χ0v) is 19.1. The van der Waals surface area contributed by atoms with Crippen LogP contribution in [0.1, 0.15) is 52.1 Å². The first-order chi connectivity index (χ1) is 13.6. The van der Waals surface area contributed by atoms with E-state index in [2.05, 4.69) is 41.9 Å². The molecule has 10 heteroatoms. The Kier molecular flexibility index (Phi) is 10.5. The fraction of sp³-hybridized carbons (Fsp3) is 0.789. The molecule has 0 atom stereocenters. The van der Waals surface area contributed by atoms with Gasteiger partial charge in [0.05, 0.1) is 12.2 Å². The van der Waals surface area contributed by atoms with Crippen molar-refractivity contribution in [2.45, 2.75) is 65.0 Å². The van der Waals surface area contributed by atoms with E-state index in [4.69, 9.17) is 24.8 Å². The quantitative estimate of drug-likeness (QED) is 0.396. The lowest BCUT2D eigenvalue weighted by atomic mass is 9.71. The molecule has 0 amide bonds. The van der Waals surface area contributed by atoms with E-state index in [0.717, 1.165) is 29.1 Å². The Bertz CT molecular complexity index is 642. The van der Waals surface area contributed by atoms with Crippen molar-refractivity contribution in [2.75, 3.05) is 25.8 Å². The highest BCUT2D eigenvalue weighted by Gasteiger charge is 2.31. The van der Waals surface area contributed by atoms with Gasteiger partial charge in [-0.25, -0.2) is 4.57 Å². The lowest BCUT2D eigenvalue weighted by Gasteiger charge is -2.37. The van der Waals surface area contributed by atoms with E-state index in [1.54, 1.807) is 26.0 Å². The normalized spacial score (nSPS) is 19.1. The summed E-state index contributed by atoms with van der Waals surface area (Å²) in [6, 6.07) is 0.465. The number of rotatable bonds is 7. The van der Waals surface area contributed by atoms with E-state index in [0.29, 0.717) is 18.1 Å². The second-order valence-corrected chi connectivity index (χ2v) is 9.01. The highest BCUT2D eigenvalue weighted by Crippen LogP contribution is 2.39. The fourth-order valence-electron chi connectivity index (χ4n) is 3.67. The number of nitrogens with zero attached hydrogens (tertiary/aromatic N) is 3. The van der Waals surface area contributed by atoms with Gasteiger partial charge in [-0.1, -0.05) is 20.8 Å². The maximum absolute atomic E-state index is 8.25. The molecule has 0 radical (unpaired) electrons. The molecule has 1 aliphatic carbocycles. The number of methoxy groups -OCH3 is 2. The molecule has 0 saturated heterocycles. The molecular weight excluding hydrogens is 396 g/mol. The number of hydrogen-bond donors (Lipinski definition) is 1. The molecule has 0 aliphatic heterocycles. The third-order valence-corrected chi connectivity index (χ3v) is 5.73. The molecule has 1 fully saturated rings. The molecule has 9 nitrogen and oxygen atoms in total. The van der Waals surface area contributed by atoms with Gasteiger partial charge in [0.1, 0.15) is 12.5 Å². The van der Waals surface area contributed by atoms with Crippen molar-refractivity contribution in [3.05, 3.63) is 27.3 Å². The second-order valence-electron chi connectivity index (χ2n) is 8.18. The number of hydrogen-bond acceptors (Lipinski definition) is 8. The summed E-state index contributed by atoms with van der Waals surface area (Å²) < 4.78 is 13.2. The number of thioether (sulfide) groups is 1. The minimum Gasteiger partial charge on any atom is -0.488 e. The van der Waals surface area contributed by atoms with Crippen molar-refractivity contribution in [1.82, 2.24) is 4.98 Å². The lowest BCUT2D eigenvalue weighted by Crippen LogP contribution is -2.39. The first-order valence-corrected chi connectivity index (χ1v) is 11.0. The van der Waals surface area contributed by atoms with E-state index in [-0.39, 0.29) is 0 Å². The van der Waals surface area contributed by atoms with Gasteiger partial charge in [-0.15, -0.1) is 11.8 Å². The van der Waals surface area contributed by atoms with E-state index in [1.807, 2.05) is 6.33 Å². The molecule has 0 bridgehead atoms. The van der Waals surface area contributed by atoms with Gasteiger partial charge >= 0.3 is 0 Å². The summed E-state index contributed by atoms with van der Waals surface area (Å²) >= 11 is 1.75. The molecular formula is C19H34N4O5S. The number of anilines is 1. The van der Waals surface area contributed by atoms with Gasteiger partial charge in [0.2, 0.25) is 5.75 Å². The van der Waals surface area contributed by atoms with Gasteiger partial charge in [0.15, 0.2) is 5.69 Å². The molecule has 1 aliphatic rings. The highest BCUT2D eigenvalue weighted by molar-refractivity contribution is 7.97. The molecule has 0 unspecified atom stereocenters. The maximum atomic E-state index is 8.25. The van der Waals surface area contributed by atoms with Crippen LogP contribution >= 0.6 is 11.8 Å². The number of aromatic nitrogens is 2. The molecule has 29 heavy (non-hydrogen) atoms. The van der Waals surface area contributed by atoms with Gasteiger partial charge in [0.25, 0.3) is 12.1 Å². The second kappa shape index (κ2) is 12.0. The molecule has 1 saturated carbocycles. The molecule has 0 aromatic carbocycles. The molecule has 1 heterocycles. The van der Waals surface area contributed by atoms with Crippen LogP contribution in [0, 0.1) is 26.7 Å². The molecule has 1 N–H and O–H groups in total. The summed E-state index contributed by atoms with van der Waals surface area (Å²) in [5, 5.41) is 18.4. The van der Waals surface area contributed by atoms with Crippen molar-refractivity contribution in [2.24, 2.45) is 11.3 Å². The Balaban J connectivity index is 0.000000960. The van der Waals surface area contributed by atoms with Crippen molar-refractivity contribution < 1.29 is 19.1 Å². The number of ether oxygens (including phenoxy) is 2. The van der Waals surface area contributed by atoms with Crippen LogP contribution in [0.3, 0.4) is 0 Å². The van der Waals surface area contributed by atoms with Crippen molar-refractivity contribution in [3.63, 3.8) is 0 Å². The predicted octanol–water partition coefficient (Wildman–Crippen LogP) is 3.62. The third kappa shape index (κ3) is 8.22. The monoisotopic (exact) mass is 430 g/mol. The van der Waals surface area contributed by atoms with Gasteiger partial charge in [-0.2, -0.15) is 0 Å². The summed E-state index contributed by atoms with van der Waals surface area (Å²) in [6.07, 6.45) is 8.88. The van der Waals surface area contributed by atoms with Crippen LogP contribution in [-0.4, -0.2) is 36.6 Å². The van der Waals surface area contributed by atoms with Gasteiger partial charge in [-0.05, 0) is 48.3 Å². The minimum atomic E-state index is -1.75. The fourth-order valence-corrected chi connectivity index (χ4v) is 4.17. The standard InChI is InChI=1S/C19H33N3O2S.NO3/c1-19(2,3)14-7-9-15(10-8-14)21-18-17(24-5)16(11-23-4)22(12-20-18)13-25-6;2-1(3)4/h12,14-15H,7-11,13H2,1-6H3;/q;-1/p+1. The summed E-state index contributed by atoms with van der Waals surface area (Å²) in [4.78, 5) is 12.9. The third-order valence-electron chi connectivity index (χ3n) is 5.20. The zero-order chi connectivity index (χ0) is 22.0. The summed E-state index contributed by atoms with van der Waals surface area (Å²) in [5.41, 5.74) is 1.43.